The summed E-state index contributed by atoms with van der Waals surface area (Å²) in [5, 5.41) is 6.23. The number of rotatable bonds is 4. The van der Waals surface area contributed by atoms with Gasteiger partial charge in [0.25, 0.3) is 0 Å². The zero-order chi connectivity index (χ0) is 14.0. The van der Waals surface area contributed by atoms with Crippen LogP contribution in [0.15, 0.2) is 23.6 Å². The number of thiocarbonyl (C=S) groups is 1. The highest BCUT2D eigenvalue weighted by Crippen LogP contribution is 2.27. The standard InChI is InChI=1S/C14H17N3S2/c1-8(2)12-7-19-14(17-12)16-11-5-4-9(3)6-10(11)13(15)18/h4-8H,1-3H3,(H2,15,18)(H,16,17). The Bertz CT molecular complexity index is 602. The third-order valence-electron chi connectivity index (χ3n) is 2.80. The van der Waals surface area contributed by atoms with E-state index in [1.807, 2.05) is 25.1 Å². The second-order valence-electron chi connectivity index (χ2n) is 4.77. The Morgan fingerprint density at radius 1 is 1.42 bits per heavy atom. The van der Waals surface area contributed by atoms with E-state index in [9.17, 15) is 0 Å². The van der Waals surface area contributed by atoms with Crippen molar-refractivity contribution in [3.63, 3.8) is 0 Å². The molecule has 3 nitrogen and oxygen atoms in total. The second kappa shape index (κ2) is 5.67. The molecule has 19 heavy (non-hydrogen) atoms. The topological polar surface area (TPSA) is 50.9 Å². The molecule has 0 spiro atoms. The lowest BCUT2D eigenvalue weighted by Crippen LogP contribution is -2.12. The van der Waals surface area contributed by atoms with Crippen molar-refractivity contribution in [3.8, 4) is 0 Å². The van der Waals surface area contributed by atoms with Gasteiger partial charge in [-0.2, -0.15) is 0 Å². The quantitative estimate of drug-likeness (QED) is 0.837. The first-order valence-electron chi connectivity index (χ1n) is 6.10. The Morgan fingerprint density at radius 2 is 2.16 bits per heavy atom. The summed E-state index contributed by atoms with van der Waals surface area (Å²) in [5.74, 6) is 0.430. The van der Waals surface area contributed by atoms with E-state index in [1.54, 1.807) is 11.3 Å². The molecule has 0 aliphatic rings. The first kappa shape index (κ1) is 14.0. The molecule has 0 saturated heterocycles. The van der Waals surface area contributed by atoms with Gasteiger partial charge in [0.2, 0.25) is 0 Å². The van der Waals surface area contributed by atoms with Gasteiger partial charge < -0.3 is 11.1 Å². The van der Waals surface area contributed by atoms with Crippen LogP contribution in [0.25, 0.3) is 0 Å². The van der Waals surface area contributed by atoms with E-state index >= 15 is 0 Å². The molecule has 0 saturated carbocycles. The molecule has 3 N–H and O–H groups in total. The molecule has 5 heteroatoms. The highest BCUT2D eigenvalue weighted by molar-refractivity contribution is 7.80. The minimum atomic E-state index is 0.395. The number of thiazole rings is 1. The molecule has 100 valence electrons. The number of hydrogen-bond donors (Lipinski definition) is 2. The number of benzene rings is 1. The van der Waals surface area contributed by atoms with E-state index in [2.05, 4.69) is 29.5 Å². The number of anilines is 2. The molecule has 2 rings (SSSR count). The Balaban J connectivity index is 2.29. The summed E-state index contributed by atoms with van der Waals surface area (Å²) in [6, 6.07) is 6.00. The van der Waals surface area contributed by atoms with E-state index in [0.29, 0.717) is 10.9 Å². The van der Waals surface area contributed by atoms with Crippen molar-refractivity contribution >= 4 is 39.4 Å². The van der Waals surface area contributed by atoms with Crippen molar-refractivity contribution in [2.45, 2.75) is 26.7 Å². The minimum absolute atomic E-state index is 0.395. The van der Waals surface area contributed by atoms with Crippen molar-refractivity contribution in [2.24, 2.45) is 5.73 Å². The van der Waals surface area contributed by atoms with Crippen LogP contribution in [0.1, 0.15) is 36.6 Å². The van der Waals surface area contributed by atoms with Crippen LogP contribution in [0.4, 0.5) is 10.8 Å². The van der Waals surface area contributed by atoms with E-state index in [4.69, 9.17) is 18.0 Å². The normalized spacial score (nSPS) is 10.7. The summed E-state index contributed by atoms with van der Waals surface area (Å²) in [6.45, 7) is 6.28. The summed E-state index contributed by atoms with van der Waals surface area (Å²) in [7, 11) is 0. The van der Waals surface area contributed by atoms with Gasteiger partial charge in [0.05, 0.1) is 11.4 Å². The van der Waals surface area contributed by atoms with Gasteiger partial charge >= 0.3 is 0 Å². The van der Waals surface area contributed by atoms with Crippen LogP contribution in [0.2, 0.25) is 0 Å². The molecule has 0 atom stereocenters. The predicted molar refractivity (Wildman–Crippen MR) is 86.6 cm³/mol. The molecule has 1 heterocycles. The van der Waals surface area contributed by atoms with Crippen molar-refractivity contribution in [1.82, 2.24) is 4.98 Å². The number of nitrogens with zero attached hydrogens (tertiary/aromatic N) is 1. The summed E-state index contributed by atoms with van der Waals surface area (Å²) < 4.78 is 0. The van der Waals surface area contributed by atoms with Crippen LogP contribution in [0, 0.1) is 6.92 Å². The monoisotopic (exact) mass is 291 g/mol. The maximum absolute atomic E-state index is 5.76. The van der Waals surface area contributed by atoms with Gasteiger partial charge in [-0.3, -0.25) is 0 Å². The summed E-state index contributed by atoms with van der Waals surface area (Å²) in [5.41, 5.74) is 9.76. The molecule has 0 amide bonds. The van der Waals surface area contributed by atoms with Gasteiger partial charge in [0.1, 0.15) is 4.99 Å². The van der Waals surface area contributed by atoms with Crippen molar-refractivity contribution in [2.75, 3.05) is 5.32 Å². The number of aryl methyl sites for hydroxylation is 1. The molecule has 1 aromatic heterocycles. The van der Waals surface area contributed by atoms with E-state index < -0.39 is 0 Å². The fourth-order valence-corrected chi connectivity index (χ4v) is 2.75. The average molecular weight is 291 g/mol. The Labute approximate surface area is 122 Å². The van der Waals surface area contributed by atoms with Gasteiger partial charge in [0, 0.05) is 10.9 Å². The Kier molecular flexibility index (Phi) is 4.17. The molecule has 0 radical (unpaired) electrons. The molecular formula is C14H17N3S2. The van der Waals surface area contributed by atoms with E-state index in [1.165, 1.54) is 0 Å². The van der Waals surface area contributed by atoms with E-state index in [0.717, 1.165) is 27.6 Å². The van der Waals surface area contributed by atoms with Crippen LogP contribution in [0.3, 0.4) is 0 Å². The van der Waals surface area contributed by atoms with Crippen LogP contribution in [-0.2, 0) is 0 Å². The van der Waals surface area contributed by atoms with Gasteiger partial charge in [0.15, 0.2) is 5.13 Å². The smallest absolute Gasteiger partial charge is 0.187 e. The van der Waals surface area contributed by atoms with Gasteiger partial charge in [-0.1, -0.05) is 37.7 Å². The Hall–Kier alpha value is -1.46. The summed E-state index contributed by atoms with van der Waals surface area (Å²) in [6.07, 6.45) is 0. The zero-order valence-corrected chi connectivity index (χ0v) is 12.9. The largest absolute Gasteiger partial charge is 0.389 e. The third kappa shape index (κ3) is 3.30. The summed E-state index contributed by atoms with van der Waals surface area (Å²) in [4.78, 5) is 4.95. The first-order valence-corrected chi connectivity index (χ1v) is 7.39. The maximum atomic E-state index is 5.76. The SMILES string of the molecule is Cc1ccc(Nc2nc(C(C)C)cs2)c(C(N)=S)c1. The van der Waals surface area contributed by atoms with Gasteiger partial charge in [-0.25, -0.2) is 4.98 Å². The number of nitrogens with one attached hydrogen (secondary N) is 1. The molecule has 0 aliphatic heterocycles. The lowest BCUT2D eigenvalue weighted by atomic mass is 10.1. The second-order valence-corrected chi connectivity index (χ2v) is 6.07. The summed E-state index contributed by atoms with van der Waals surface area (Å²) >= 11 is 6.68. The minimum Gasteiger partial charge on any atom is -0.389 e. The number of nitrogens with two attached hydrogens (primary N) is 1. The predicted octanol–water partition coefficient (Wildman–Crippen LogP) is 3.95. The molecule has 0 fully saturated rings. The zero-order valence-electron chi connectivity index (χ0n) is 11.2. The third-order valence-corrected chi connectivity index (χ3v) is 3.79. The van der Waals surface area contributed by atoms with Crippen molar-refractivity contribution in [1.29, 1.82) is 0 Å². The van der Waals surface area contributed by atoms with Crippen LogP contribution in [-0.4, -0.2) is 9.97 Å². The highest BCUT2D eigenvalue weighted by Gasteiger charge is 2.09. The maximum Gasteiger partial charge on any atom is 0.187 e. The number of aromatic nitrogens is 1. The van der Waals surface area contributed by atoms with Crippen molar-refractivity contribution < 1.29 is 0 Å². The first-order chi connectivity index (χ1) is 8.97. The van der Waals surface area contributed by atoms with Crippen LogP contribution < -0.4 is 11.1 Å². The van der Waals surface area contributed by atoms with E-state index in [-0.39, 0.29) is 0 Å². The lowest BCUT2D eigenvalue weighted by molar-refractivity contribution is 0.834. The molecule has 0 unspecified atom stereocenters. The van der Waals surface area contributed by atoms with Crippen LogP contribution >= 0.6 is 23.6 Å². The molecule has 0 aliphatic carbocycles. The molecule has 1 aromatic carbocycles. The fraction of sp³-hybridized carbons (Fsp3) is 0.286. The molecular weight excluding hydrogens is 274 g/mol. The number of hydrogen-bond acceptors (Lipinski definition) is 4. The highest BCUT2D eigenvalue weighted by atomic mass is 32.1. The van der Waals surface area contributed by atoms with Gasteiger partial charge in [-0.05, 0) is 25.0 Å². The fourth-order valence-electron chi connectivity index (χ4n) is 1.69. The Morgan fingerprint density at radius 3 is 2.74 bits per heavy atom. The van der Waals surface area contributed by atoms with Gasteiger partial charge in [-0.15, -0.1) is 11.3 Å². The molecule has 2 aromatic rings. The lowest BCUT2D eigenvalue weighted by Gasteiger charge is -2.10. The molecule has 0 bridgehead atoms. The average Bonchev–Trinajstić information content (AvgIpc) is 2.80. The van der Waals surface area contributed by atoms with Crippen molar-refractivity contribution in [3.05, 3.63) is 40.4 Å². The van der Waals surface area contributed by atoms with Crippen LogP contribution in [0.5, 0.6) is 0 Å².